The van der Waals surface area contributed by atoms with Crippen LogP contribution in [0.2, 0.25) is 5.02 Å². The van der Waals surface area contributed by atoms with E-state index in [2.05, 4.69) is 25.2 Å². The van der Waals surface area contributed by atoms with Crippen LogP contribution in [0, 0.1) is 0 Å². The molecule has 0 radical (unpaired) electrons. The Morgan fingerprint density at radius 1 is 1.06 bits per heavy atom. The third kappa shape index (κ3) is 6.91. The van der Waals surface area contributed by atoms with Crippen LogP contribution < -0.4 is 15.4 Å². The van der Waals surface area contributed by atoms with Crippen LogP contribution >= 0.6 is 36.4 Å². The maximum atomic E-state index is 12.9. The summed E-state index contributed by atoms with van der Waals surface area (Å²) in [5, 5.41) is 6.77. The van der Waals surface area contributed by atoms with E-state index in [1.54, 1.807) is 18.2 Å². The van der Waals surface area contributed by atoms with Gasteiger partial charge in [-0.1, -0.05) is 24.6 Å². The van der Waals surface area contributed by atoms with E-state index in [1.807, 2.05) is 19.2 Å². The minimum Gasteiger partial charge on any atom is -0.456 e. The molecule has 12 heteroatoms. The zero-order valence-corrected chi connectivity index (χ0v) is 20.9. The largest absolute Gasteiger partial charge is 0.456 e. The Balaban J connectivity index is 0.00000216. The molecule has 2 N–H and O–H groups in total. The molecule has 35 heavy (non-hydrogen) atoms. The molecule has 0 aliphatic heterocycles. The van der Waals surface area contributed by atoms with Crippen LogP contribution in [-0.2, 0) is 12.7 Å². The molecule has 6 nitrogen and oxygen atoms in total. The van der Waals surface area contributed by atoms with Gasteiger partial charge in [-0.15, -0.1) is 24.8 Å². The van der Waals surface area contributed by atoms with Crippen molar-refractivity contribution in [3.8, 4) is 11.5 Å². The van der Waals surface area contributed by atoms with Gasteiger partial charge in [-0.05, 0) is 49.0 Å². The van der Waals surface area contributed by atoms with Gasteiger partial charge < -0.3 is 19.9 Å². The van der Waals surface area contributed by atoms with Gasteiger partial charge in [0.1, 0.15) is 23.3 Å². The number of likely N-dealkylation sites (N-methyl/N-ethyl adjacent to an activating group) is 1. The molecule has 0 amide bonds. The lowest BCUT2D eigenvalue weighted by Crippen LogP contribution is -2.19. The van der Waals surface area contributed by atoms with Gasteiger partial charge in [-0.3, -0.25) is 0 Å². The molecular weight excluding hydrogens is 526 g/mol. The van der Waals surface area contributed by atoms with E-state index in [9.17, 15) is 13.2 Å². The molecule has 0 bridgehead atoms. The number of ether oxygens (including phenoxy) is 1. The summed E-state index contributed by atoms with van der Waals surface area (Å²) >= 11 is 6.35. The second-order valence-electron chi connectivity index (χ2n) is 7.22. The van der Waals surface area contributed by atoms with Crippen molar-refractivity contribution in [2.24, 2.45) is 0 Å². The van der Waals surface area contributed by atoms with Gasteiger partial charge in [0.05, 0.1) is 16.1 Å². The molecule has 2 heterocycles. The van der Waals surface area contributed by atoms with Gasteiger partial charge >= 0.3 is 6.18 Å². The maximum absolute atomic E-state index is 12.9. The van der Waals surface area contributed by atoms with Crippen molar-refractivity contribution in [1.82, 2.24) is 19.9 Å². The van der Waals surface area contributed by atoms with E-state index >= 15 is 0 Å². The number of anilines is 2. The standard InChI is InChI=1S/C23H21ClF3N5O.2ClH/c1-2-28-9-11-32-10-8-19-21(32)22(30-14-29-19)31-16-6-7-20(18(24)13-16)33-17-5-3-4-15(12-17)23(25,26)27;;/h3-8,10,12-14,28H,2,9,11H2,1H3,(H,29,30,31);2*1H. The second-order valence-corrected chi connectivity index (χ2v) is 7.62. The van der Waals surface area contributed by atoms with Crippen molar-refractivity contribution >= 4 is 59.0 Å². The van der Waals surface area contributed by atoms with E-state index in [1.165, 1.54) is 18.5 Å². The summed E-state index contributed by atoms with van der Waals surface area (Å²) in [6.07, 6.45) is -1.02. The van der Waals surface area contributed by atoms with Gasteiger partial charge in [0.15, 0.2) is 5.82 Å². The molecule has 2 aromatic heterocycles. The first kappa shape index (κ1) is 28.5. The van der Waals surface area contributed by atoms with Crippen molar-refractivity contribution in [2.45, 2.75) is 19.6 Å². The fourth-order valence-electron chi connectivity index (χ4n) is 3.35. The Morgan fingerprint density at radius 3 is 2.57 bits per heavy atom. The van der Waals surface area contributed by atoms with Gasteiger partial charge in [-0.2, -0.15) is 13.2 Å². The number of benzene rings is 2. The number of hydrogen-bond acceptors (Lipinski definition) is 5. The summed E-state index contributed by atoms with van der Waals surface area (Å²) < 4.78 is 46.5. The molecule has 0 aliphatic rings. The zero-order valence-electron chi connectivity index (χ0n) is 18.5. The van der Waals surface area contributed by atoms with Crippen molar-refractivity contribution < 1.29 is 17.9 Å². The van der Waals surface area contributed by atoms with Crippen LogP contribution in [0.25, 0.3) is 11.0 Å². The lowest BCUT2D eigenvalue weighted by molar-refractivity contribution is -0.137. The number of hydrogen-bond donors (Lipinski definition) is 2. The molecular formula is C23H23Cl3F3N5O. The summed E-state index contributed by atoms with van der Waals surface area (Å²) in [5.74, 6) is 0.899. The molecule has 4 aromatic rings. The molecule has 0 unspecified atom stereocenters. The van der Waals surface area contributed by atoms with Crippen molar-refractivity contribution in [2.75, 3.05) is 18.4 Å². The number of fused-ring (bicyclic) bond motifs is 1. The SMILES string of the molecule is CCNCCn1ccc2ncnc(Nc3ccc(Oc4cccc(C(F)(F)F)c4)c(Cl)c3)c21.Cl.Cl. The number of halogens is 6. The smallest absolute Gasteiger partial charge is 0.416 e. The number of nitrogens with zero attached hydrogens (tertiary/aromatic N) is 3. The number of rotatable bonds is 8. The highest BCUT2D eigenvalue weighted by molar-refractivity contribution is 6.32. The van der Waals surface area contributed by atoms with E-state index in [4.69, 9.17) is 16.3 Å². The molecule has 0 saturated carbocycles. The first-order chi connectivity index (χ1) is 15.8. The predicted molar refractivity (Wildman–Crippen MR) is 137 cm³/mol. The maximum Gasteiger partial charge on any atom is 0.416 e. The molecule has 0 spiro atoms. The Morgan fingerprint density at radius 2 is 1.86 bits per heavy atom. The topological polar surface area (TPSA) is 64.0 Å². The number of nitrogens with one attached hydrogen (secondary N) is 2. The van der Waals surface area contributed by atoms with Crippen LogP contribution in [0.5, 0.6) is 11.5 Å². The Kier molecular flexibility index (Phi) is 10.0. The van der Waals surface area contributed by atoms with E-state index in [0.29, 0.717) is 11.5 Å². The molecule has 0 saturated heterocycles. The van der Waals surface area contributed by atoms with Crippen LogP contribution in [0.3, 0.4) is 0 Å². The highest BCUT2D eigenvalue weighted by Gasteiger charge is 2.30. The van der Waals surface area contributed by atoms with Crippen molar-refractivity contribution in [3.63, 3.8) is 0 Å². The van der Waals surface area contributed by atoms with E-state index < -0.39 is 11.7 Å². The van der Waals surface area contributed by atoms with Gasteiger partial charge in [0.2, 0.25) is 0 Å². The first-order valence-electron chi connectivity index (χ1n) is 10.3. The molecule has 4 rings (SSSR count). The molecule has 188 valence electrons. The Bertz CT molecular complexity index is 1270. The minimum atomic E-state index is -4.45. The normalized spacial score (nSPS) is 11.0. The lowest BCUT2D eigenvalue weighted by Gasteiger charge is -2.13. The Hall–Kier alpha value is -2.72. The average molecular weight is 549 g/mol. The fourth-order valence-corrected chi connectivity index (χ4v) is 3.57. The minimum absolute atomic E-state index is 0. The van der Waals surface area contributed by atoms with Crippen LogP contribution in [0.4, 0.5) is 24.7 Å². The van der Waals surface area contributed by atoms with Crippen LogP contribution in [0.15, 0.2) is 61.1 Å². The summed E-state index contributed by atoms with van der Waals surface area (Å²) in [6.45, 7) is 4.49. The third-order valence-corrected chi connectivity index (χ3v) is 5.21. The van der Waals surface area contributed by atoms with Crippen LogP contribution in [-0.4, -0.2) is 27.6 Å². The van der Waals surface area contributed by atoms with Gasteiger partial charge in [0, 0.05) is 25.0 Å². The highest BCUT2D eigenvalue weighted by Crippen LogP contribution is 2.36. The van der Waals surface area contributed by atoms with Gasteiger partial charge in [-0.25, -0.2) is 9.97 Å². The first-order valence-corrected chi connectivity index (χ1v) is 10.6. The molecule has 2 aromatic carbocycles. The lowest BCUT2D eigenvalue weighted by atomic mass is 10.2. The summed E-state index contributed by atoms with van der Waals surface area (Å²) in [6, 6.07) is 11.5. The average Bonchev–Trinajstić information content (AvgIpc) is 3.20. The van der Waals surface area contributed by atoms with Crippen LogP contribution in [0.1, 0.15) is 12.5 Å². The van der Waals surface area contributed by atoms with E-state index in [0.717, 1.165) is 42.8 Å². The monoisotopic (exact) mass is 547 g/mol. The zero-order chi connectivity index (χ0) is 23.4. The molecule has 0 fully saturated rings. The highest BCUT2D eigenvalue weighted by atomic mass is 35.5. The molecule has 0 aliphatic carbocycles. The predicted octanol–water partition coefficient (Wildman–Crippen LogP) is 7.09. The Labute approximate surface area is 217 Å². The quantitative estimate of drug-likeness (QED) is 0.230. The van der Waals surface area contributed by atoms with Gasteiger partial charge in [0.25, 0.3) is 0 Å². The molecule has 0 atom stereocenters. The van der Waals surface area contributed by atoms with Crippen molar-refractivity contribution in [1.29, 1.82) is 0 Å². The fraction of sp³-hybridized carbons (Fsp3) is 0.217. The number of aromatic nitrogens is 3. The van der Waals surface area contributed by atoms with E-state index in [-0.39, 0.29) is 41.3 Å². The summed E-state index contributed by atoms with van der Waals surface area (Å²) in [4.78, 5) is 8.69. The summed E-state index contributed by atoms with van der Waals surface area (Å²) in [7, 11) is 0. The van der Waals surface area contributed by atoms with Crippen molar-refractivity contribution in [3.05, 3.63) is 71.6 Å². The number of alkyl halides is 3. The summed E-state index contributed by atoms with van der Waals surface area (Å²) in [5.41, 5.74) is 1.52. The second kappa shape index (κ2) is 12.3. The third-order valence-electron chi connectivity index (χ3n) is 4.91.